The lowest BCUT2D eigenvalue weighted by atomic mass is 9.95. The molecule has 0 radical (unpaired) electrons. The van der Waals surface area contributed by atoms with E-state index >= 15 is 0 Å². The molecule has 1 amide bonds. The fraction of sp³-hybridized carbons (Fsp3) is 0.520. The summed E-state index contributed by atoms with van der Waals surface area (Å²) in [5.74, 6) is 0.942. The predicted octanol–water partition coefficient (Wildman–Crippen LogP) is 4.18. The van der Waals surface area contributed by atoms with Crippen LogP contribution >= 0.6 is 0 Å². The Bertz CT molecular complexity index is 811. The molecule has 2 bridgehead atoms. The van der Waals surface area contributed by atoms with Gasteiger partial charge in [-0.15, -0.1) is 0 Å². The number of rotatable bonds is 1. The van der Waals surface area contributed by atoms with Gasteiger partial charge in [0.15, 0.2) is 0 Å². The second-order valence-corrected chi connectivity index (χ2v) is 8.46. The van der Waals surface area contributed by atoms with E-state index in [9.17, 15) is 4.79 Å². The van der Waals surface area contributed by atoms with Crippen molar-refractivity contribution in [3.8, 4) is 5.75 Å². The largest absolute Gasteiger partial charge is 0.492 e. The Hall–Kier alpha value is -2.40. The minimum atomic E-state index is 0.0422. The number of carbonyl (C=O) groups excluding carboxylic acids is 1. The van der Waals surface area contributed by atoms with Gasteiger partial charge in [-0.1, -0.05) is 18.6 Å². The standard InChI is InChI=1S/C25H33N3O2/c29-25(22-8-6-13-26-20-22)28-16-4-3-15-27-14-2-1-9-23(27)12-11-21-7-5-10-24(19-21)30-18-17-28/h5-8,10,13,19-20,23H,1-4,9,11-12,14-18H2. The lowest BCUT2D eigenvalue weighted by molar-refractivity contribution is 0.0721. The van der Waals surface area contributed by atoms with Crippen LogP contribution in [0.1, 0.15) is 54.4 Å². The summed E-state index contributed by atoms with van der Waals surface area (Å²) in [6, 6.07) is 12.8. The second-order valence-electron chi connectivity index (χ2n) is 8.46. The van der Waals surface area contributed by atoms with Gasteiger partial charge >= 0.3 is 0 Å². The number of nitrogens with zero attached hydrogens (tertiary/aromatic N) is 3. The molecule has 160 valence electrons. The summed E-state index contributed by atoms with van der Waals surface area (Å²) in [6.07, 6.45) is 11.8. The van der Waals surface area contributed by atoms with Gasteiger partial charge in [0.2, 0.25) is 0 Å². The maximum absolute atomic E-state index is 13.0. The van der Waals surface area contributed by atoms with Crippen LogP contribution in [0.25, 0.3) is 0 Å². The number of amides is 1. The third kappa shape index (κ3) is 5.60. The van der Waals surface area contributed by atoms with Gasteiger partial charge in [0.05, 0.1) is 12.1 Å². The first-order chi connectivity index (χ1) is 14.8. The molecule has 1 aromatic carbocycles. The van der Waals surface area contributed by atoms with Gasteiger partial charge < -0.3 is 14.5 Å². The van der Waals surface area contributed by atoms with Crippen LogP contribution in [0.2, 0.25) is 0 Å². The number of benzene rings is 1. The summed E-state index contributed by atoms with van der Waals surface area (Å²) in [6.45, 7) is 4.20. The minimum absolute atomic E-state index is 0.0422. The molecule has 30 heavy (non-hydrogen) atoms. The van der Waals surface area contributed by atoms with Crippen molar-refractivity contribution in [2.45, 2.75) is 51.0 Å². The first-order valence-electron chi connectivity index (χ1n) is 11.4. The molecule has 5 heteroatoms. The predicted molar refractivity (Wildman–Crippen MR) is 119 cm³/mol. The fourth-order valence-corrected chi connectivity index (χ4v) is 4.68. The molecule has 0 N–H and O–H groups in total. The van der Waals surface area contributed by atoms with Crippen LogP contribution in [-0.4, -0.2) is 59.5 Å². The van der Waals surface area contributed by atoms with Gasteiger partial charge in [0.1, 0.15) is 12.4 Å². The van der Waals surface area contributed by atoms with E-state index in [1.807, 2.05) is 23.1 Å². The van der Waals surface area contributed by atoms with E-state index in [4.69, 9.17) is 4.74 Å². The van der Waals surface area contributed by atoms with Crippen molar-refractivity contribution in [1.82, 2.24) is 14.8 Å². The van der Waals surface area contributed by atoms with Crippen molar-refractivity contribution in [2.75, 3.05) is 32.8 Å². The van der Waals surface area contributed by atoms with E-state index in [0.29, 0.717) is 24.8 Å². The zero-order chi connectivity index (χ0) is 20.6. The molecule has 1 aromatic heterocycles. The van der Waals surface area contributed by atoms with Gasteiger partial charge in [0.25, 0.3) is 5.91 Å². The van der Waals surface area contributed by atoms with Gasteiger partial charge in [-0.25, -0.2) is 0 Å². The molecular weight excluding hydrogens is 374 g/mol. The fourth-order valence-electron chi connectivity index (χ4n) is 4.68. The first kappa shape index (κ1) is 20.9. The monoisotopic (exact) mass is 407 g/mol. The summed E-state index contributed by atoms with van der Waals surface area (Å²) in [7, 11) is 0. The molecule has 1 atom stereocenters. The molecule has 4 rings (SSSR count). The van der Waals surface area contributed by atoms with Crippen LogP contribution < -0.4 is 4.74 Å². The van der Waals surface area contributed by atoms with E-state index in [1.165, 1.54) is 37.8 Å². The Morgan fingerprint density at radius 3 is 2.70 bits per heavy atom. The molecule has 2 aromatic rings. The van der Waals surface area contributed by atoms with Gasteiger partial charge in [0, 0.05) is 25.0 Å². The average molecular weight is 408 g/mol. The Morgan fingerprint density at radius 2 is 1.83 bits per heavy atom. The highest BCUT2D eigenvalue weighted by Crippen LogP contribution is 2.23. The highest BCUT2D eigenvalue weighted by Gasteiger charge is 2.22. The summed E-state index contributed by atoms with van der Waals surface area (Å²) < 4.78 is 6.03. The summed E-state index contributed by atoms with van der Waals surface area (Å²) in [5.41, 5.74) is 1.99. The van der Waals surface area contributed by atoms with Crippen molar-refractivity contribution in [2.24, 2.45) is 0 Å². The third-order valence-corrected chi connectivity index (χ3v) is 6.36. The number of hydrogen-bond acceptors (Lipinski definition) is 4. The van der Waals surface area contributed by atoms with Gasteiger partial charge in [-0.2, -0.15) is 0 Å². The van der Waals surface area contributed by atoms with Crippen LogP contribution in [0.3, 0.4) is 0 Å². The van der Waals surface area contributed by atoms with E-state index in [-0.39, 0.29) is 5.91 Å². The Labute approximate surface area is 180 Å². The molecule has 1 unspecified atom stereocenters. The molecule has 3 heterocycles. The number of carbonyl (C=O) groups is 1. The number of aryl methyl sites for hydroxylation is 1. The zero-order valence-electron chi connectivity index (χ0n) is 17.8. The number of pyridine rings is 1. The van der Waals surface area contributed by atoms with E-state index in [0.717, 1.165) is 38.1 Å². The van der Waals surface area contributed by atoms with Crippen molar-refractivity contribution < 1.29 is 9.53 Å². The summed E-state index contributed by atoms with van der Waals surface area (Å²) in [4.78, 5) is 21.7. The van der Waals surface area contributed by atoms with E-state index in [2.05, 4.69) is 28.1 Å². The third-order valence-electron chi connectivity index (χ3n) is 6.36. The second kappa shape index (κ2) is 10.6. The molecule has 0 saturated carbocycles. The topological polar surface area (TPSA) is 45.7 Å². The number of piperidine rings is 1. The summed E-state index contributed by atoms with van der Waals surface area (Å²) >= 11 is 0. The minimum Gasteiger partial charge on any atom is -0.492 e. The number of hydrogen-bond donors (Lipinski definition) is 0. The Kier molecular flexibility index (Phi) is 7.35. The number of aromatic nitrogens is 1. The van der Waals surface area contributed by atoms with Crippen molar-refractivity contribution in [3.05, 3.63) is 59.9 Å². The quantitative estimate of drug-likeness (QED) is 0.711. The molecule has 2 aliphatic rings. The van der Waals surface area contributed by atoms with Crippen LogP contribution in [0.15, 0.2) is 48.8 Å². The molecule has 0 spiro atoms. The maximum Gasteiger partial charge on any atom is 0.255 e. The zero-order valence-corrected chi connectivity index (χ0v) is 17.8. The van der Waals surface area contributed by atoms with Gasteiger partial charge in [-0.3, -0.25) is 9.78 Å². The Balaban J connectivity index is 1.48. The van der Waals surface area contributed by atoms with Gasteiger partial charge in [-0.05, 0) is 81.4 Å². The smallest absolute Gasteiger partial charge is 0.255 e. The van der Waals surface area contributed by atoms with Crippen molar-refractivity contribution >= 4 is 5.91 Å². The van der Waals surface area contributed by atoms with Crippen molar-refractivity contribution in [3.63, 3.8) is 0 Å². The first-order valence-corrected chi connectivity index (χ1v) is 11.4. The maximum atomic E-state index is 13.0. The Morgan fingerprint density at radius 1 is 0.967 bits per heavy atom. The SMILES string of the molecule is O=C(c1cccnc1)N1CCCCN2CCCCC2CCc2cccc(c2)OCC1. The molecule has 5 nitrogen and oxygen atoms in total. The van der Waals surface area contributed by atoms with Crippen LogP contribution in [-0.2, 0) is 6.42 Å². The van der Waals surface area contributed by atoms with Crippen LogP contribution in [0, 0.1) is 0 Å². The molecule has 1 saturated heterocycles. The molecular formula is C25H33N3O2. The van der Waals surface area contributed by atoms with Crippen LogP contribution in [0.5, 0.6) is 5.75 Å². The van der Waals surface area contributed by atoms with Crippen molar-refractivity contribution in [1.29, 1.82) is 0 Å². The average Bonchev–Trinajstić information content (AvgIpc) is 2.80. The number of fused-ring (bicyclic) bond motifs is 3. The number of ether oxygens (including phenoxy) is 1. The van der Waals surface area contributed by atoms with Crippen LogP contribution in [0.4, 0.5) is 0 Å². The summed E-state index contributed by atoms with van der Waals surface area (Å²) in [5, 5.41) is 0. The lowest BCUT2D eigenvalue weighted by Gasteiger charge is -2.36. The highest BCUT2D eigenvalue weighted by molar-refractivity contribution is 5.93. The normalized spacial score (nSPS) is 21.6. The molecule has 0 aliphatic carbocycles. The molecule has 2 aliphatic heterocycles. The van der Waals surface area contributed by atoms with E-state index in [1.54, 1.807) is 12.4 Å². The van der Waals surface area contributed by atoms with E-state index < -0.39 is 0 Å². The highest BCUT2D eigenvalue weighted by atomic mass is 16.5. The lowest BCUT2D eigenvalue weighted by Crippen LogP contribution is -2.40. The molecule has 1 fully saturated rings.